The smallest absolute Gasteiger partial charge is 0.341 e. The molecule has 0 atom stereocenters. The van der Waals surface area contributed by atoms with Gasteiger partial charge in [0.15, 0.2) is 11.8 Å². The second-order valence-corrected chi connectivity index (χ2v) is 6.98. The maximum absolute atomic E-state index is 12.1. The number of hydrogen-bond acceptors (Lipinski definition) is 7. The summed E-state index contributed by atoms with van der Waals surface area (Å²) >= 11 is 1.27. The number of aryl methyl sites for hydroxylation is 1. The fourth-order valence-corrected chi connectivity index (χ4v) is 3.24. The van der Waals surface area contributed by atoms with Crippen LogP contribution in [0.2, 0.25) is 0 Å². The first-order valence-corrected chi connectivity index (χ1v) is 9.88. The molecule has 1 amide bonds. The van der Waals surface area contributed by atoms with E-state index in [1.807, 2.05) is 41.8 Å². The molecule has 0 saturated carbocycles. The number of carboxylic acid groups (broad SMARTS) is 1. The van der Waals surface area contributed by atoms with Crippen LogP contribution in [0.25, 0.3) is 5.69 Å². The Morgan fingerprint density at radius 3 is 2.60 bits per heavy atom. The van der Waals surface area contributed by atoms with Gasteiger partial charge in [0.1, 0.15) is 11.6 Å². The summed E-state index contributed by atoms with van der Waals surface area (Å²) in [5, 5.41) is 21.4. The number of carbonyl (C=O) groups is 2. The fraction of sp³-hybridized carbons (Fsp3) is 0.150. The van der Waals surface area contributed by atoms with Gasteiger partial charge in [-0.15, -0.1) is 10.2 Å². The highest BCUT2D eigenvalue weighted by atomic mass is 32.2. The van der Waals surface area contributed by atoms with Crippen molar-refractivity contribution in [2.45, 2.75) is 12.1 Å². The van der Waals surface area contributed by atoms with E-state index in [4.69, 9.17) is 9.84 Å². The third kappa shape index (κ3) is 5.92. The molecule has 0 aliphatic heterocycles. The average molecular weight is 425 g/mol. The number of nitrogens with zero attached hydrogens (tertiary/aromatic N) is 4. The van der Waals surface area contributed by atoms with Gasteiger partial charge in [-0.3, -0.25) is 9.36 Å². The van der Waals surface area contributed by atoms with Crippen LogP contribution >= 0.6 is 11.8 Å². The molecule has 154 valence electrons. The lowest BCUT2D eigenvalue weighted by atomic mass is 10.2. The van der Waals surface area contributed by atoms with Crippen molar-refractivity contribution in [1.29, 1.82) is 0 Å². The minimum atomic E-state index is -1.04. The number of thioether (sulfide) groups is 1. The van der Waals surface area contributed by atoms with Gasteiger partial charge in [0.05, 0.1) is 12.0 Å². The van der Waals surface area contributed by atoms with Crippen molar-refractivity contribution in [3.05, 3.63) is 66.0 Å². The fourth-order valence-electron chi connectivity index (χ4n) is 2.45. The predicted octanol–water partition coefficient (Wildman–Crippen LogP) is 2.28. The molecule has 3 rings (SSSR count). The number of benzene rings is 2. The Labute approximate surface area is 176 Å². The van der Waals surface area contributed by atoms with Crippen molar-refractivity contribution < 1.29 is 19.4 Å². The van der Waals surface area contributed by atoms with E-state index >= 15 is 0 Å². The summed E-state index contributed by atoms with van der Waals surface area (Å²) in [5.41, 5.74) is 4.12. The van der Waals surface area contributed by atoms with Crippen LogP contribution in [0.15, 0.2) is 64.9 Å². The molecule has 0 unspecified atom stereocenters. The monoisotopic (exact) mass is 425 g/mol. The predicted molar refractivity (Wildman–Crippen MR) is 112 cm³/mol. The Kier molecular flexibility index (Phi) is 7.17. The number of ether oxygens (including phenoxy) is 1. The van der Waals surface area contributed by atoms with Crippen molar-refractivity contribution in [1.82, 2.24) is 20.2 Å². The largest absolute Gasteiger partial charge is 0.482 e. The number of aromatic nitrogens is 3. The number of nitrogens with one attached hydrogen (secondary N) is 1. The molecule has 2 N–H and O–H groups in total. The van der Waals surface area contributed by atoms with Crippen molar-refractivity contribution in [3.8, 4) is 11.4 Å². The molecule has 3 aromatic rings. The van der Waals surface area contributed by atoms with Crippen LogP contribution in [-0.2, 0) is 9.59 Å². The molecule has 0 aliphatic rings. The minimum absolute atomic E-state index is 0.129. The second kappa shape index (κ2) is 10.2. The van der Waals surface area contributed by atoms with Crippen molar-refractivity contribution in [2.75, 3.05) is 12.4 Å². The third-order valence-electron chi connectivity index (χ3n) is 3.79. The number of aliphatic carboxylic acids is 1. The van der Waals surface area contributed by atoms with Gasteiger partial charge in [-0.1, -0.05) is 30.0 Å². The highest BCUT2D eigenvalue weighted by molar-refractivity contribution is 7.99. The van der Waals surface area contributed by atoms with Crippen LogP contribution in [0.4, 0.5) is 0 Å². The first-order chi connectivity index (χ1) is 14.5. The molecule has 0 saturated heterocycles. The molecule has 0 spiro atoms. The Bertz CT molecular complexity index is 1040. The van der Waals surface area contributed by atoms with E-state index in [2.05, 4.69) is 20.7 Å². The summed E-state index contributed by atoms with van der Waals surface area (Å²) in [4.78, 5) is 22.6. The number of carbonyl (C=O) groups excluding carboxylic acids is 1. The number of rotatable bonds is 9. The van der Waals surface area contributed by atoms with Crippen LogP contribution in [0.3, 0.4) is 0 Å². The Morgan fingerprint density at radius 2 is 1.90 bits per heavy atom. The summed E-state index contributed by atoms with van der Waals surface area (Å²) < 4.78 is 6.94. The highest BCUT2D eigenvalue weighted by Crippen LogP contribution is 2.21. The standard InChI is InChI=1S/C20H19N5O4S/c1-14-22-24-20(25(14)16-5-3-2-4-6-16)30-13-18(26)23-21-11-15-7-9-17(10-8-15)29-12-19(27)28/h2-11H,12-13H2,1H3,(H,23,26)(H,27,28)/b21-11-. The van der Waals surface area contributed by atoms with E-state index in [-0.39, 0.29) is 11.7 Å². The Hall–Kier alpha value is -3.66. The quantitative estimate of drug-likeness (QED) is 0.307. The van der Waals surface area contributed by atoms with Crippen LogP contribution in [0, 0.1) is 6.92 Å². The SMILES string of the molecule is Cc1nnc(SCC(=O)N/N=C\c2ccc(OCC(=O)O)cc2)n1-c1ccccc1. The van der Waals surface area contributed by atoms with Crippen LogP contribution in [-0.4, -0.2) is 50.3 Å². The molecular weight excluding hydrogens is 406 g/mol. The summed E-state index contributed by atoms with van der Waals surface area (Å²) in [6.07, 6.45) is 1.49. The van der Waals surface area contributed by atoms with Gasteiger partial charge in [0, 0.05) is 5.69 Å². The highest BCUT2D eigenvalue weighted by Gasteiger charge is 2.12. The Balaban J connectivity index is 1.51. The van der Waals surface area contributed by atoms with Crippen LogP contribution in [0.5, 0.6) is 5.75 Å². The second-order valence-electron chi connectivity index (χ2n) is 6.03. The van der Waals surface area contributed by atoms with Crippen molar-refractivity contribution in [2.24, 2.45) is 5.10 Å². The van der Waals surface area contributed by atoms with Gasteiger partial charge in [-0.25, -0.2) is 10.2 Å². The van der Waals surface area contributed by atoms with Gasteiger partial charge in [0.25, 0.3) is 5.91 Å². The van der Waals surface area contributed by atoms with Crippen molar-refractivity contribution >= 4 is 29.9 Å². The van der Waals surface area contributed by atoms with Gasteiger partial charge in [-0.2, -0.15) is 5.10 Å². The van der Waals surface area contributed by atoms with Gasteiger partial charge < -0.3 is 9.84 Å². The first-order valence-electron chi connectivity index (χ1n) is 8.90. The van der Waals surface area contributed by atoms with E-state index in [0.717, 1.165) is 17.1 Å². The molecule has 1 aromatic heterocycles. The van der Waals surface area contributed by atoms with E-state index in [0.29, 0.717) is 10.9 Å². The molecule has 2 aromatic carbocycles. The number of hydrogen-bond donors (Lipinski definition) is 2. The van der Waals surface area contributed by atoms with Gasteiger partial charge >= 0.3 is 5.97 Å². The van der Waals surface area contributed by atoms with E-state index < -0.39 is 12.6 Å². The maximum atomic E-state index is 12.1. The van der Waals surface area contributed by atoms with Gasteiger partial charge in [-0.05, 0) is 48.9 Å². The zero-order chi connectivity index (χ0) is 21.3. The maximum Gasteiger partial charge on any atom is 0.341 e. The summed E-state index contributed by atoms with van der Waals surface area (Å²) in [7, 11) is 0. The lowest BCUT2D eigenvalue weighted by Crippen LogP contribution is -2.20. The normalized spacial score (nSPS) is 10.8. The molecule has 10 heteroatoms. The molecule has 0 radical (unpaired) electrons. The summed E-state index contributed by atoms with van der Waals surface area (Å²) in [6, 6.07) is 16.3. The van der Waals surface area contributed by atoms with Crippen LogP contribution in [0.1, 0.15) is 11.4 Å². The molecule has 9 nitrogen and oxygen atoms in total. The molecule has 30 heavy (non-hydrogen) atoms. The van der Waals surface area contributed by atoms with Crippen molar-refractivity contribution in [3.63, 3.8) is 0 Å². The number of para-hydroxylation sites is 1. The van der Waals surface area contributed by atoms with E-state index in [1.54, 1.807) is 24.3 Å². The first kappa shape index (κ1) is 21.1. The lowest BCUT2D eigenvalue weighted by molar-refractivity contribution is -0.139. The molecular formula is C20H19N5O4S. The minimum Gasteiger partial charge on any atom is -0.482 e. The molecule has 1 heterocycles. The third-order valence-corrected chi connectivity index (χ3v) is 4.72. The topological polar surface area (TPSA) is 119 Å². The van der Waals surface area contributed by atoms with E-state index in [9.17, 15) is 9.59 Å². The van der Waals surface area contributed by atoms with Crippen LogP contribution < -0.4 is 10.2 Å². The number of hydrazone groups is 1. The van der Waals surface area contributed by atoms with Gasteiger partial charge in [0.2, 0.25) is 0 Å². The average Bonchev–Trinajstić information content (AvgIpc) is 3.12. The zero-order valence-electron chi connectivity index (χ0n) is 16.1. The number of amides is 1. The van der Waals surface area contributed by atoms with E-state index in [1.165, 1.54) is 18.0 Å². The molecule has 0 bridgehead atoms. The summed E-state index contributed by atoms with van der Waals surface area (Å²) in [5.74, 6) is -0.0216. The molecule has 0 aliphatic carbocycles. The zero-order valence-corrected chi connectivity index (χ0v) is 16.9. The Morgan fingerprint density at radius 1 is 1.17 bits per heavy atom. The molecule has 0 fully saturated rings. The summed E-state index contributed by atoms with van der Waals surface area (Å²) in [6.45, 7) is 1.45. The number of carboxylic acids is 1. The lowest BCUT2D eigenvalue weighted by Gasteiger charge is -2.07.